The number of benzene rings is 2. The molecule has 0 bridgehead atoms. The largest absolute Gasteiger partial charge is 0.465 e. The molecule has 3 N–H and O–H groups in total. The highest BCUT2D eigenvalue weighted by atomic mass is 19.1. The molecule has 2 aromatic rings. The highest BCUT2D eigenvalue weighted by molar-refractivity contribution is 5.99. The van der Waals surface area contributed by atoms with Crippen LogP contribution in [0.5, 0.6) is 0 Å². The number of carbonyl (C=O) groups excluding carboxylic acids is 3. The number of esters is 1. The van der Waals surface area contributed by atoms with E-state index in [1.807, 2.05) is 0 Å². The Balaban J connectivity index is 2.17. The monoisotopic (exact) mass is 344 g/mol. The first kappa shape index (κ1) is 18.1. The highest BCUT2D eigenvalue weighted by Gasteiger charge is 2.21. The van der Waals surface area contributed by atoms with E-state index in [9.17, 15) is 18.8 Å². The highest BCUT2D eigenvalue weighted by Crippen LogP contribution is 2.11. The van der Waals surface area contributed by atoms with Gasteiger partial charge in [-0.15, -0.1) is 0 Å². The van der Waals surface area contributed by atoms with Gasteiger partial charge in [-0.1, -0.05) is 24.3 Å². The quantitative estimate of drug-likeness (QED) is 0.775. The number of nitrogens with two attached hydrogens (primary N) is 1. The standard InChI is InChI=1S/C18H17FN2O4/c1-25-18(24)13-7-4-6-12(9-13)17(23)21-15(16(20)22)10-11-5-2-3-8-14(11)19/h2-9,15H,10H2,1H3,(H2,20,22)(H,21,23)/t15-/m1/s1. The van der Waals surface area contributed by atoms with Crippen LogP contribution in [0.4, 0.5) is 4.39 Å². The third kappa shape index (κ3) is 4.63. The van der Waals surface area contributed by atoms with Crippen molar-refractivity contribution in [3.8, 4) is 0 Å². The normalized spacial score (nSPS) is 11.4. The Kier molecular flexibility index (Phi) is 5.84. The Bertz CT molecular complexity index is 807. The van der Waals surface area contributed by atoms with E-state index in [0.29, 0.717) is 0 Å². The Labute approximate surface area is 143 Å². The number of methoxy groups -OCH3 is 1. The molecule has 0 aliphatic carbocycles. The van der Waals surface area contributed by atoms with E-state index in [-0.39, 0.29) is 23.1 Å². The summed E-state index contributed by atoms with van der Waals surface area (Å²) in [5.74, 6) is -2.48. The second-order valence-corrected chi connectivity index (χ2v) is 5.30. The molecule has 0 heterocycles. The summed E-state index contributed by atoms with van der Waals surface area (Å²) in [6.45, 7) is 0. The summed E-state index contributed by atoms with van der Waals surface area (Å²) >= 11 is 0. The first-order valence-electron chi connectivity index (χ1n) is 7.44. The lowest BCUT2D eigenvalue weighted by Gasteiger charge is -2.16. The topological polar surface area (TPSA) is 98.5 Å². The van der Waals surface area contributed by atoms with Gasteiger partial charge < -0.3 is 15.8 Å². The van der Waals surface area contributed by atoms with Gasteiger partial charge in [0.05, 0.1) is 12.7 Å². The molecule has 1 atom stereocenters. The minimum absolute atomic E-state index is 0.0789. The molecule has 7 heteroatoms. The molecule has 0 aromatic heterocycles. The van der Waals surface area contributed by atoms with Gasteiger partial charge >= 0.3 is 5.97 Å². The number of primary amides is 1. The van der Waals surface area contributed by atoms with E-state index >= 15 is 0 Å². The van der Waals surface area contributed by atoms with E-state index in [1.165, 1.54) is 49.6 Å². The van der Waals surface area contributed by atoms with Gasteiger partial charge in [0.25, 0.3) is 5.91 Å². The summed E-state index contributed by atoms with van der Waals surface area (Å²) in [6.07, 6.45) is -0.0789. The Morgan fingerprint density at radius 1 is 1.12 bits per heavy atom. The van der Waals surface area contributed by atoms with E-state index in [4.69, 9.17) is 5.73 Å². The molecule has 2 rings (SSSR count). The first-order valence-corrected chi connectivity index (χ1v) is 7.44. The SMILES string of the molecule is COC(=O)c1cccc(C(=O)N[C@H](Cc2ccccc2F)C(N)=O)c1. The van der Waals surface area contributed by atoms with Crippen molar-refractivity contribution in [3.05, 3.63) is 71.0 Å². The molecular weight excluding hydrogens is 327 g/mol. The van der Waals surface area contributed by atoms with Crippen LogP contribution in [0.3, 0.4) is 0 Å². The number of hydrogen-bond donors (Lipinski definition) is 2. The van der Waals surface area contributed by atoms with Crippen LogP contribution >= 0.6 is 0 Å². The van der Waals surface area contributed by atoms with Gasteiger partial charge in [-0.2, -0.15) is 0 Å². The van der Waals surface area contributed by atoms with Crippen molar-refractivity contribution >= 4 is 17.8 Å². The number of ether oxygens (including phenoxy) is 1. The van der Waals surface area contributed by atoms with E-state index in [2.05, 4.69) is 10.1 Å². The predicted molar refractivity (Wildman–Crippen MR) is 88.3 cm³/mol. The van der Waals surface area contributed by atoms with Crippen LogP contribution < -0.4 is 11.1 Å². The number of carbonyl (C=O) groups is 3. The predicted octanol–water partition coefficient (Wildman–Crippen LogP) is 1.44. The van der Waals surface area contributed by atoms with E-state index in [1.54, 1.807) is 6.07 Å². The second-order valence-electron chi connectivity index (χ2n) is 5.30. The number of amides is 2. The third-order valence-electron chi connectivity index (χ3n) is 3.58. The smallest absolute Gasteiger partial charge is 0.337 e. The van der Waals surface area contributed by atoms with Gasteiger partial charge in [0.2, 0.25) is 5.91 Å². The van der Waals surface area contributed by atoms with Crippen LogP contribution in [0.2, 0.25) is 0 Å². The molecule has 2 amide bonds. The number of rotatable bonds is 6. The van der Waals surface area contributed by atoms with Gasteiger partial charge in [-0.25, -0.2) is 9.18 Å². The minimum atomic E-state index is -1.09. The van der Waals surface area contributed by atoms with E-state index in [0.717, 1.165) is 0 Å². The first-order chi connectivity index (χ1) is 11.9. The summed E-state index contributed by atoms with van der Waals surface area (Å²) in [7, 11) is 1.23. The number of hydrogen-bond acceptors (Lipinski definition) is 4. The fourth-order valence-corrected chi connectivity index (χ4v) is 2.25. The lowest BCUT2D eigenvalue weighted by Crippen LogP contribution is -2.46. The number of nitrogens with one attached hydrogen (secondary N) is 1. The third-order valence-corrected chi connectivity index (χ3v) is 3.58. The second kappa shape index (κ2) is 8.05. The van der Waals surface area contributed by atoms with Crippen molar-refractivity contribution in [2.24, 2.45) is 5.73 Å². The van der Waals surface area contributed by atoms with Crippen molar-refractivity contribution in [1.29, 1.82) is 0 Å². The van der Waals surface area contributed by atoms with Gasteiger partial charge in [0.15, 0.2) is 0 Å². The molecule has 0 unspecified atom stereocenters. The molecule has 0 radical (unpaired) electrons. The molecule has 6 nitrogen and oxygen atoms in total. The summed E-state index contributed by atoms with van der Waals surface area (Å²) in [4.78, 5) is 35.5. The van der Waals surface area contributed by atoms with Crippen LogP contribution in [-0.4, -0.2) is 30.9 Å². The van der Waals surface area contributed by atoms with Crippen LogP contribution in [0.1, 0.15) is 26.3 Å². The minimum Gasteiger partial charge on any atom is -0.465 e. The molecule has 0 saturated heterocycles. The van der Waals surface area contributed by atoms with Crippen molar-refractivity contribution in [2.75, 3.05) is 7.11 Å². The zero-order valence-corrected chi connectivity index (χ0v) is 13.5. The van der Waals surface area contributed by atoms with Crippen LogP contribution in [0.25, 0.3) is 0 Å². The molecule has 0 aliphatic rings. The maximum atomic E-state index is 13.7. The molecular formula is C18H17FN2O4. The van der Waals surface area contributed by atoms with Crippen LogP contribution in [-0.2, 0) is 16.0 Å². The summed E-state index contributed by atoms with van der Waals surface area (Å²) < 4.78 is 18.3. The maximum absolute atomic E-state index is 13.7. The lowest BCUT2D eigenvalue weighted by atomic mass is 10.0. The van der Waals surface area contributed by atoms with Crippen LogP contribution in [0, 0.1) is 5.82 Å². The van der Waals surface area contributed by atoms with Crippen molar-refractivity contribution < 1.29 is 23.5 Å². The average Bonchev–Trinajstić information content (AvgIpc) is 2.62. The molecule has 25 heavy (non-hydrogen) atoms. The van der Waals surface area contributed by atoms with Crippen LogP contribution in [0.15, 0.2) is 48.5 Å². The molecule has 130 valence electrons. The molecule has 0 spiro atoms. The summed E-state index contributed by atoms with van der Waals surface area (Å²) in [6, 6.07) is 10.6. The van der Waals surface area contributed by atoms with Gasteiger partial charge in [0.1, 0.15) is 11.9 Å². The fourth-order valence-electron chi connectivity index (χ4n) is 2.25. The Morgan fingerprint density at radius 2 is 1.80 bits per heavy atom. The number of halogens is 1. The van der Waals surface area contributed by atoms with Crippen molar-refractivity contribution in [3.63, 3.8) is 0 Å². The Hall–Kier alpha value is -3.22. The van der Waals surface area contributed by atoms with Gasteiger partial charge in [-0.05, 0) is 29.8 Å². The fraction of sp³-hybridized carbons (Fsp3) is 0.167. The summed E-state index contributed by atoms with van der Waals surface area (Å²) in [5, 5.41) is 2.46. The van der Waals surface area contributed by atoms with E-state index < -0.39 is 29.6 Å². The van der Waals surface area contributed by atoms with Gasteiger partial charge in [-0.3, -0.25) is 9.59 Å². The summed E-state index contributed by atoms with van der Waals surface area (Å²) in [5.41, 5.74) is 5.92. The molecule has 0 fully saturated rings. The lowest BCUT2D eigenvalue weighted by molar-refractivity contribution is -0.119. The van der Waals surface area contributed by atoms with Crippen molar-refractivity contribution in [2.45, 2.75) is 12.5 Å². The zero-order chi connectivity index (χ0) is 18.4. The van der Waals surface area contributed by atoms with Crippen molar-refractivity contribution in [1.82, 2.24) is 5.32 Å². The average molecular weight is 344 g/mol. The molecule has 0 saturated carbocycles. The molecule has 2 aromatic carbocycles. The maximum Gasteiger partial charge on any atom is 0.337 e. The molecule has 0 aliphatic heterocycles. The zero-order valence-electron chi connectivity index (χ0n) is 13.5. The van der Waals surface area contributed by atoms with Gasteiger partial charge in [0, 0.05) is 12.0 Å². The Morgan fingerprint density at radius 3 is 2.44 bits per heavy atom.